The fourth-order valence-corrected chi connectivity index (χ4v) is 1.77. The third-order valence-electron chi connectivity index (χ3n) is 2.32. The van der Waals surface area contributed by atoms with Gasteiger partial charge in [-0.3, -0.25) is 9.36 Å². The molecule has 17 heavy (non-hydrogen) atoms. The first-order valence-electron chi connectivity index (χ1n) is 5.05. The van der Waals surface area contributed by atoms with Crippen molar-refractivity contribution in [2.45, 2.75) is 33.2 Å². The van der Waals surface area contributed by atoms with Crippen LogP contribution in [0.5, 0.6) is 0 Å². The Kier molecular flexibility index (Phi) is 3.24. The lowest BCUT2D eigenvalue weighted by Gasteiger charge is -2.22. The van der Waals surface area contributed by atoms with Crippen molar-refractivity contribution >= 4 is 18.1 Å². The van der Waals surface area contributed by atoms with Crippen molar-refractivity contribution in [1.29, 1.82) is 0 Å². The molecule has 0 saturated carbocycles. The molecule has 1 rings (SSSR count). The second-order valence-corrected chi connectivity index (χ2v) is 5.13. The molecule has 1 aromatic rings. The van der Waals surface area contributed by atoms with Gasteiger partial charge in [0.25, 0.3) is 0 Å². The minimum absolute atomic E-state index is 0.0898. The van der Waals surface area contributed by atoms with Gasteiger partial charge in [0.1, 0.15) is 0 Å². The summed E-state index contributed by atoms with van der Waals surface area (Å²) in [6, 6.07) is 0. The molecule has 0 saturated heterocycles. The van der Waals surface area contributed by atoms with E-state index in [1.165, 1.54) is 14.0 Å². The highest BCUT2D eigenvalue weighted by atomic mass is 32.1. The Morgan fingerprint density at radius 1 is 1.18 bits per heavy atom. The number of carbonyl (C=O) groups excluding carboxylic acids is 1. The number of nitrogens with zero attached hydrogens (tertiary/aromatic N) is 3. The van der Waals surface area contributed by atoms with Gasteiger partial charge >= 0.3 is 11.4 Å². The third-order valence-corrected chi connectivity index (χ3v) is 2.78. The molecule has 0 radical (unpaired) electrons. The van der Waals surface area contributed by atoms with E-state index in [0.29, 0.717) is 0 Å². The zero-order valence-electron chi connectivity index (χ0n) is 10.5. The van der Waals surface area contributed by atoms with Crippen LogP contribution >= 0.6 is 12.2 Å². The van der Waals surface area contributed by atoms with Crippen molar-refractivity contribution in [3.05, 3.63) is 25.7 Å². The maximum atomic E-state index is 12.1. The molecule has 0 aliphatic rings. The Hall–Kier alpha value is -1.50. The summed E-state index contributed by atoms with van der Waals surface area (Å²) in [7, 11) is 1.44. The molecule has 1 heterocycles. The fraction of sp³-hybridized carbons (Fsp3) is 0.600. The number of rotatable bonds is 0. The number of carbonyl (C=O) groups is 1. The average Bonchev–Trinajstić information content (AvgIpc) is 2.11. The van der Waals surface area contributed by atoms with Gasteiger partial charge in [-0.1, -0.05) is 0 Å². The summed E-state index contributed by atoms with van der Waals surface area (Å²) in [5.41, 5.74) is -1.94. The molecule has 0 aromatic carbocycles. The number of hydrogen-bond acceptors (Lipinski definition) is 4. The lowest BCUT2D eigenvalue weighted by molar-refractivity contribution is 0.0919. The van der Waals surface area contributed by atoms with Crippen LogP contribution in [-0.2, 0) is 12.6 Å². The summed E-state index contributed by atoms with van der Waals surface area (Å²) in [5.74, 6) is -0.506. The number of hydrogen-bond donors (Lipinski definition) is 0. The zero-order chi connectivity index (χ0) is 13.5. The quantitative estimate of drug-likeness (QED) is 0.635. The van der Waals surface area contributed by atoms with E-state index in [1.807, 2.05) is 0 Å². The summed E-state index contributed by atoms with van der Waals surface area (Å²) in [5, 5.41) is 0. The van der Waals surface area contributed by atoms with Crippen molar-refractivity contribution in [2.24, 2.45) is 7.05 Å². The van der Waals surface area contributed by atoms with Crippen LogP contribution in [-0.4, -0.2) is 19.6 Å². The maximum absolute atomic E-state index is 12.1. The summed E-state index contributed by atoms with van der Waals surface area (Å²) >= 11 is 4.92. The Balaban J connectivity index is 4.03. The van der Waals surface area contributed by atoms with Crippen LogP contribution in [0, 0.1) is 4.77 Å². The Morgan fingerprint density at radius 2 is 1.65 bits per heavy atom. The van der Waals surface area contributed by atoms with Crippen LogP contribution in [0.25, 0.3) is 0 Å². The Labute approximate surface area is 103 Å². The number of aromatic nitrogens is 3. The first-order valence-corrected chi connectivity index (χ1v) is 5.46. The van der Waals surface area contributed by atoms with Gasteiger partial charge in [-0.2, -0.15) is 0 Å². The first-order chi connectivity index (χ1) is 7.59. The van der Waals surface area contributed by atoms with Gasteiger partial charge in [0.05, 0.1) is 0 Å². The second-order valence-electron chi connectivity index (χ2n) is 4.77. The zero-order valence-corrected chi connectivity index (χ0v) is 11.3. The lowest BCUT2D eigenvalue weighted by Crippen LogP contribution is -2.52. The summed E-state index contributed by atoms with van der Waals surface area (Å²) in [4.78, 5) is 35.4. The van der Waals surface area contributed by atoms with Crippen molar-refractivity contribution in [3.63, 3.8) is 0 Å². The van der Waals surface area contributed by atoms with Crippen molar-refractivity contribution in [3.8, 4) is 0 Å². The van der Waals surface area contributed by atoms with Gasteiger partial charge in [0, 0.05) is 19.5 Å². The highest BCUT2D eigenvalue weighted by molar-refractivity contribution is 7.71. The maximum Gasteiger partial charge on any atom is 0.341 e. The van der Waals surface area contributed by atoms with E-state index in [4.69, 9.17) is 12.2 Å². The molecular formula is C10H15N3O3S. The van der Waals surface area contributed by atoms with Gasteiger partial charge in [-0.15, -0.1) is 0 Å². The highest BCUT2D eigenvalue weighted by Gasteiger charge is 2.22. The lowest BCUT2D eigenvalue weighted by atomic mass is 10.1. The summed E-state index contributed by atoms with van der Waals surface area (Å²) in [6.07, 6.45) is 0. The SMILES string of the molecule is CC(=O)n1c(=S)n(C)c(=O)n(C(C)(C)C)c1=O. The molecule has 0 aliphatic carbocycles. The molecule has 94 valence electrons. The second kappa shape index (κ2) is 4.06. The van der Waals surface area contributed by atoms with Crippen LogP contribution in [0.3, 0.4) is 0 Å². The van der Waals surface area contributed by atoms with E-state index < -0.39 is 22.8 Å². The summed E-state index contributed by atoms with van der Waals surface area (Å²) in [6.45, 7) is 6.37. The normalized spacial score (nSPS) is 11.6. The smallest absolute Gasteiger partial charge is 0.274 e. The van der Waals surface area contributed by atoms with E-state index in [0.717, 1.165) is 13.7 Å². The highest BCUT2D eigenvalue weighted by Crippen LogP contribution is 2.07. The molecule has 0 unspecified atom stereocenters. The molecule has 0 atom stereocenters. The molecule has 0 bridgehead atoms. The van der Waals surface area contributed by atoms with Crippen molar-refractivity contribution in [2.75, 3.05) is 0 Å². The predicted octanol–water partition coefficient (Wildman–Crippen LogP) is 0.493. The van der Waals surface area contributed by atoms with E-state index in [1.54, 1.807) is 20.8 Å². The standard InChI is InChI=1S/C10H15N3O3S/c1-6(14)12-8(16)13(10(2,3)4)7(15)11(5)9(12)17/h1-5H3. The Bertz CT molecular complexity index is 643. The van der Waals surface area contributed by atoms with Gasteiger partial charge in [0.15, 0.2) is 4.77 Å². The molecule has 6 nitrogen and oxygen atoms in total. The van der Waals surface area contributed by atoms with E-state index in [-0.39, 0.29) is 4.77 Å². The fourth-order valence-electron chi connectivity index (χ4n) is 1.49. The van der Waals surface area contributed by atoms with Gasteiger partial charge in [-0.05, 0) is 33.0 Å². The van der Waals surface area contributed by atoms with Crippen LogP contribution < -0.4 is 11.4 Å². The van der Waals surface area contributed by atoms with Crippen LogP contribution in [0.4, 0.5) is 0 Å². The van der Waals surface area contributed by atoms with E-state index in [9.17, 15) is 14.4 Å². The van der Waals surface area contributed by atoms with Gasteiger partial charge in [0.2, 0.25) is 5.91 Å². The van der Waals surface area contributed by atoms with Crippen LogP contribution in [0.15, 0.2) is 9.59 Å². The summed E-state index contributed by atoms with van der Waals surface area (Å²) < 4.78 is 2.86. The molecular weight excluding hydrogens is 242 g/mol. The predicted molar refractivity (Wildman–Crippen MR) is 66.1 cm³/mol. The van der Waals surface area contributed by atoms with Crippen molar-refractivity contribution in [1.82, 2.24) is 13.7 Å². The largest absolute Gasteiger partial charge is 0.341 e. The van der Waals surface area contributed by atoms with E-state index >= 15 is 0 Å². The third kappa shape index (κ3) is 2.14. The molecule has 1 aromatic heterocycles. The van der Waals surface area contributed by atoms with Gasteiger partial charge in [-0.25, -0.2) is 18.7 Å². The molecule has 0 N–H and O–H groups in total. The van der Waals surface area contributed by atoms with Crippen LogP contribution in [0.1, 0.15) is 32.5 Å². The van der Waals surface area contributed by atoms with Crippen molar-refractivity contribution < 1.29 is 4.79 Å². The minimum Gasteiger partial charge on any atom is -0.274 e. The monoisotopic (exact) mass is 257 g/mol. The average molecular weight is 257 g/mol. The van der Waals surface area contributed by atoms with E-state index in [2.05, 4.69) is 0 Å². The van der Waals surface area contributed by atoms with Crippen LogP contribution in [0.2, 0.25) is 0 Å². The minimum atomic E-state index is -0.716. The molecule has 0 aliphatic heterocycles. The molecule has 0 spiro atoms. The first kappa shape index (κ1) is 13.6. The van der Waals surface area contributed by atoms with Gasteiger partial charge < -0.3 is 0 Å². The Morgan fingerprint density at radius 3 is 2.00 bits per heavy atom. The topological polar surface area (TPSA) is 66.0 Å². The molecule has 0 amide bonds. The molecule has 0 fully saturated rings. The molecule has 7 heteroatoms.